The predicted octanol–water partition coefficient (Wildman–Crippen LogP) is 0.533. The topological polar surface area (TPSA) is 59.3 Å². The Hall–Kier alpha value is -1.33. The zero-order chi connectivity index (χ0) is 10.4. The van der Waals surface area contributed by atoms with Crippen LogP contribution in [-0.2, 0) is 6.54 Å². The molecule has 0 saturated carbocycles. The van der Waals surface area contributed by atoms with Crippen LogP contribution in [0.2, 0.25) is 0 Å². The lowest BCUT2D eigenvalue weighted by atomic mass is 10.2. The Morgan fingerprint density at radius 2 is 2.21 bits per heavy atom. The van der Waals surface area contributed by atoms with E-state index in [0.29, 0.717) is 11.7 Å². The highest BCUT2D eigenvalue weighted by Crippen LogP contribution is 2.16. The molecular weight excluding hydrogens is 198 g/mol. The van der Waals surface area contributed by atoms with Gasteiger partial charge in [0.15, 0.2) is 5.11 Å². The quantitative estimate of drug-likeness (QED) is 0.387. The summed E-state index contributed by atoms with van der Waals surface area (Å²) in [4.78, 5) is 0. The highest BCUT2D eigenvalue weighted by Gasteiger charge is 2.00. The van der Waals surface area contributed by atoms with Crippen LogP contribution in [0.25, 0.3) is 0 Å². The largest absolute Gasteiger partial charge is 0.496 e. The van der Waals surface area contributed by atoms with Gasteiger partial charge in [0.25, 0.3) is 0 Å². The molecule has 0 radical (unpaired) electrons. The van der Waals surface area contributed by atoms with E-state index in [1.54, 1.807) is 7.11 Å². The van der Waals surface area contributed by atoms with Crippen molar-refractivity contribution in [3.63, 3.8) is 0 Å². The van der Waals surface area contributed by atoms with E-state index in [1.165, 1.54) is 0 Å². The van der Waals surface area contributed by atoms with Crippen molar-refractivity contribution in [2.24, 2.45) is 5.84 Å². The summed E-state index contributed by atoms with van der Waals surface area (Å²) in [5, 5.41) is 3.35. The number of benzene rings is 1. The summed E-state index contributed by atoms with van der Waals surface area (Å²) in [5.74, 6) is 5.95. The second kappa shape index (κ2) is 5.41. The van der Waals surface area contributed by atoms with E-state index in [4.69, 9.17) is 22.8 Å². The molecule has 0 aliphatic carbocycles. The van der Waals surface area contributed by atoms with Gasteiger partial charge in [-0.05, 0) is 18.3 Å². The molecule has 1 aromatic rings. The van der Waals surface area contributed by atoms with Crippen LogP contribution in [0.5, 0.6) is 5.75 Å². The van der Waals surface area contributed by atoms with Crippen LogP contribution >= 0.6 is 12.2 Å². The van der Waals surface area contributed by atoms with Crippen molar-refractivity contribution < 1.29 is 4.74 Å². The lowest BCUT2D eigenvalue weighted by Crippen LogP contribution is -2.39. The summed E-state index contributed by atoms with van der Waals surface area (Å²) in [7, 11) is 1.64. The number of methoxy groups -OCH3 is 1. The number of hydrogen-bond donors (Lipinski definition) is 3. The molecule has 4 nitrogen and oxygen atoms in total. The SMILES string of the molecule is COc1ccccc1CNC(=S)NN. The van der Waals surface area contributed by atoms with Gasteiger partial charge >= 0.3 is 0 Å². The third kappa shape index (κ3) is 2.86. The molecule has 0 heterocycles. The molecule has 0 aliphatic rings. The van der Waals surface area contributed by atoms with Gasteiger partial charge in [0.05, 0.1) is 7.11 Å². The van der Waals surface area contributed by atoms with Gasteiger partial charge in [0, 0.05) is 12.1 Å². The highest BCUT2D eigenvalue weighted by atomic mass is 32.1. The molecule has 0 aromatic heterocycles. The molecule has 14 heavy (non-hydrogen) atoms. The fraction of sp³-hybridized carbons (Fsp3) is 0.222. The van der Waals surface area contributed by atoms with Crippen LogP contribution in [0.4, 0.5) is 0 Å². The third-order valence-electron chi connectivity index (χ3n) is 1.76. The minimum absolute atomic E-state index is 0.413. The summed E-state index contributed by atoms with van der Waals surface area (Å²) < 4.78 is 5.18. The molecule has 0 amide bonds. The molecular formula is C9H13N3OS. The first-order valence-electron chi connectivity index (χ1n) is 4.14. The van der Waals surface area contributed by atoms with Crippen LogP contribution in [-0.4, -0.2) is 12.2 Å². The van der Waals surface area contributed by atoms with Gasteiger partial charge in [-0.2, -0.15) is 0 Å². The number of hydrazine groups is 1. The molecule has 0 atom stereocenters. The average molecular weight is 211 g/mol. The smallest absolute Gasteiger partial charge is 0.180 e. The number of hydrogen-bond acceptors (Lipinski definition) is 3. The van der Waals surface area contributed by atoms with Gasteiger partial charge in [-0.1, -0.05) is 18.2 Å². The number of nitrogens with one attached hydrogen (secondary N) is 2. The first-order chi connectivity index (χ1) is 6.77. The zero-order valence-corrected chi connectivity index (χ0v) is 8.73. The lowest BCUT2D eigenvalue weighted by Gasteiger charge is -2.10. The first kappa shape index (κ1) is 10.7. The minimum atomic E-state index is 0.413. The van der Waals surface area contributed by atoms with E-state index in [0.717, 1.165) is 11.3 Å². The molecule has 1 aromatic carbocycles. The Morgan fingerprint density at radius 3 is 2.86 bits per heavy atom. The number of thiocarbonyl (C=S) groups is 1. The minimum Gasteiger partial charge on any atom is -0.496 e. The highest BCUT2D eigenvalue weighted by molar-refractivity contribution is 7.80. The summed E-state index contributed by atoms with van der Waals surface area (Å²) in [5.41, 5.74) is 3.39. The Morgan fingerprint density at radius 1 is 1.50 bits per heavy atom. The second-order valence-corrected chi connectivity index (χ2v) is 3.05. The maximum absolute atomic E-state index is 5.18. The molecule has 0 unspecified atom stereocenters. The molecule has 4 N–H and O–H groups in total. The van der Waals surface area contributed by atoms with Crippen LogP contribution in [0.3, 0.4) is 0 Å². The van der Waals surface area contributed by atoms with Crippen molar-refractivity contribution in [3.8, 4) is 5.75 Å². The maximum atomic E-state index is 5.18. The summed E-state index contributed by atoms with van der Waals surface area (Å²) in [6.45, 7) is 0.590. The lowest BCUT2D eigenvalue weighted by molar-refractivity contribution is 0.409. The van der Waals surface area contributed by atoms with E-state index in [-0.39, 0.29) is 0 Å². The Bertz CT molecular complexity index is 317. The van der Waals surface area contributed by atoms with Crippen molar-refractivity contribution in [3.05, 3.63) is 29.8 Å². The van der Waals surface area contributed by atoms with E-state index >= 15 is 0 Å². The van der Waals surface area contributed by atoms with Crippen molar-refractivity contribution in [2.75, 3.05) is 7.11 Å². The average Bonchev–Trinajstić information content (AvgIpc) is 2.26. The Labute approximate surface area is 88.4 Å². The van der Waals surface area contributed by atoms with Gasteiger partial charge in [0.1, 0.15) is 5.75 Å². The van der Waals surface area contributed by atoms with E-state index in [9.17, 15) is 0 Å². The molecule has 0 spiro atoms. The van der Waals surface area contributed by atoms with Gasteiger partial charge < -0.3 is 15.5 Å². The molecule has 0 saturated heterocycles. The summed E-state index contributed by atoms with van der Waals surface area (Å²) >= 11 is 4.85. The molecule has 76 valence electrons. The maximum Gasteiger partial charge on any atom is 0.180 e. The molecule has 0 fully saturated rings. The van der Waals surface area contributed by atoms with Crippen LogP contribution < -0.4 is 21.3 Å². The van der Waals surface area contributed by atoms with E-state index in [2.05, 4.69) is 10.7 Å². The van der Waals surface area contributed by atoms with Gasteiger partial charge in [0.2, 0.25) is 0 Å². The summed E-state index contributed by atoms with van der Waals surface area (Å²) in [6, 6.07) is 7.72. The van der Waals surface area contributed by atoms with Crippen LogP contribution in [0.1, 0.15) is 5.56 Å². The van der Waals surface area contributed by atoms with Crippen molar-refractivity contribution >= 4 is 17.3 Å². The molecule has 0 bridgehead atoms. The summed E-state index contributed by atoms with van der Waals surface area (Å²) in [6.07, 6.45) is 0. The zero-order valence-electron chi connectivity index (χ0n) is 7.91. The fourth-order valence-corrected chi connectivity index (χ4v) is 1.15. The van der Waals surface area contributed by atoms with Crippen LogP contribution in [0.15, 0.2) is 24.3 Å². The fourth-order valence-electron chi connectivity index (χ4n) is 1.08. The van der Waals surface area contributed by atoms with Gasteiger partial charge in [-0.3, -0.25) is 0 Å². The first-order valence-corrected chi connectivity index (χ1v) is 4.55. The molecule has 1 rings (SSSR count). The van der Waals surface area contributed by atoms with E-state index < -0.39 is 0 Å². The van der Waals surface area contributed by atoms with Crippen molar-refractivity contribution in [2.45, 2.75) is 6.54 Å². The molecule has 5 heteroatoms. The van der Waals surface area contributed by atoms with Crippen molar-refractivity contribution in [1.82, 2.24) is 10.7 Å². The predicted molar refractivity (Wildman–Crippen MR) is 59.8 cm³/mol. The number of para-hydroxylation sites is 1. The third-order valence-corrected chi connectivity index (χ3v) is 2.03. The number of ether oxygens (including phenoxy) is 1. The van der Waals surface area contributed by atoms with E-state index in [1.807, 2.05) is 24.3 Å². The monoisotopic (exact) mass is 211 g/mol. The van der Waals surface area contributed by atoms with Crippen molar-refractivity contribution in [1.29, 1.82) is 0 Å². The Balaban J connectivity index is 2.61. The second-order valence-electron chi connectivity index (χ2n) is 2.64. The standard InChI is InChI=1S/C9H13N3OS/c1-13-8-5-3-2-4-7(8)6-11-9(14)12-10/h2-5H,6,10H2,1H3,(H2,11,12,14). The van der Waals surface area contributed by atoms with Gasteiger partial charge in [-0.15, -0.1) is 0 Å². The molecule has 0 aliphatic heterocycles. The number of rotatable bonds is 3. The number of nitrogens with two attached hydrogens (primary N) is 1. The van der Waals surface area contributed by atoms with Crippen LogP contribution in [0, 0.1) is 0 Å². The Kier molecular flexibility index (Phi) is 4.15. The normalized spacial score (nSPS) is 9.29. The van der Waals surface area contributed by atoms with Gasteiger partial charge in [-0.25, -0.2) is 5.84 Å².